The molecule has 78 valence electrons. The molecule has 1 saturated carbocycles. The van der Waals surface area contributed by atoms with Crippen LogP contribution >= 0.6 is 0 Å². The van der Waals surface area contributed by atoms with Gasteiger partial charge in [-0.25, -0.2) is 4.99 Å². The molecule has 1 aliphatic rings. The molecule has 0 amide bonds. The molecule has 3 nitrogen and oxygen atoms in total. The minimum absolute atomic E-state index is 0.502. The van der Waals surface area contributed by atoms with Crippen LogP contribution in [0.1, 0.15) is 39.0 Å². The van der Waals surface area contributed by atoms with Gasteiger partial charge < -0.3 is 11.1 Å². The third kappa shape index (κ3) is 4.18. The summed E-state index contributed by atoms with van der Waals surface area (Å²) in [7, 11) is 0. The van der Waals surface area contributed by atoms with E-state index < -0.39 is 0 Å². The van der Waals surface area contributed by atoms with Gasteiger partial charge in [0.25, 0.3) is 0 Å². The molecular weight excluding hydrogens is 174 g/mol. The van der Waals surface area contributed by atoms with Crippen LogP contribution in [0.4, 0.5) is 0 Å². The SMILES string of the molecule is CC#CCN=C(N)NC1CCCCC1. The number of rotatable bonds is 2. The molecule has 0 aliphatic heterocycles. The summed E-state index contributed by atoms with van der Waals surface area (Å²) >= 11 is 0. The van der Waals surface area contributed by atoms with Gasteiger partial charge in [0.05, 0.1) is 0 Å². The minimum atomic E-state index is 0.502. The van der Waals surface area contributed by atoms with Crippen molar-refractivity contribution in [1.29, 1.82) is 0 Å². The molecule has 0 atom stereocenters. The van der Waals surface area contributed by atoms with Crippen molar-refractivity contribution in [2.24, 2.45) is 10.7 Å². The second kappa shape index (κ2) is 6.31. The maximum atomic E-state index is 5.72. The highest BCUT2D eigenvalue weighted by Gasteiger charge is 2.12. The van der Waals surface area contributed by atoms with Gasteiger partial charge in [-0.1, -0.05) is 25.2 Å². The molecule has 0 unspecified atom stereocenters. The van der Waals surface area contributed by atoms with Crippen molar-refractivity contribution < 1.29 is 0 Å². The van der Waals surface area contributed by atoms with Gasteiger partial charge in [-0.15, -0.1) is 5.92 Å². The van der Waals surface area contributed by atoms with E-state index in [0.717, 1.165) is 0 Å². The van der Waals surface area contributed by atoms with Crippen molar-refractivity contribution in [2.45, 2.75) is 45.1 Å². The van der Waals surface area contributed by atoms with E-state index in [-0.39, 0.29) is 0 Å². The number of nitrogens with zero attached hydrogens (tertiary/aromatic N) is 1. The van der Waals surface area contributed by atoms with Crippen LogP contribution in [0.2, 0.25) is 0 Å². The van der Waals surface area contributed by atoms with E-state index in [0.29, 0.717) is 18.5 Å². The fourth-order valence-electron chi connectivity index (χ4n) is 1.71. The molecule has 3 N–H and O–H groups in total. The normalized spacial score (nSPS) is 18.5. The Hall–Kier alpha value is -1.17. The van der Waals surface area contributed by atoms with Crippen LogP contribution in [0.5, 0.6) is 0 Å². The highest BCUT2D eigenvalue weighted by molar-refractivity contribution is 5.78. The standard InChI is InChI=1S/C11H19N3/c1-2-3-9-13-11(12)14-10-7-5-4-6-8-10/h10H,4-9H2,1H3,(H3,12,13,14). The fourth-order valence-corrected chi connectivity index (χ4v) is 1.71. The van der Waals surface area contributed by atoms with Crippen molar-refractivity contribution in [2.75, 3.05) is 6.54 Å². The number of hydrogen-bond donors (Lipinski definition) is 2. The van der Waals surface area contributed by atoms with Crippen LogP contribution < -0.4 is 11.1 Å². The van der Waals surface area contributed by atoms with Crippen LogP contribution in [0.25, 0.3) is 0 Å². The number of hydrogen-bond acceptors (Lipinski definition) is 1. The summed E-state index contributed by atoms with van der Waals surface area (Å²) in [6.07, 6.45) is 6.40. The van der Waals surface area contributed by atoms with Gasteiger partial charge in [0.2, 0.25) is 0 Å². The molecule has 0 aromatic carbocycles. The predicted octanol–water partition coefficient (Wildman–Crippen LogP) is 1.25. The first-order valence-electron chi connectivity index (χ1n) is 5.29. The number of guanidine groups is 1. The molecule has 0 heterocycles. The molecule has 0 spiro atoms. The Kier molecular flexibility index (Phi) is 4.92. The lowest BCUT2D eigenvalue weighted by molar-refractivity contribution is 0.412. The average molecular weight is 193 g/mol. The van der Waals surface area contributed by atoms with E-state index >= 15 is 0 Å². The van der Waals surface area contributed by atoms with Gasteiger partial charge in [0.1, 0.15) is 6.54 Å². The van der Waals surface area contributed by atoms with Crippen molar-refractivity contribution in [3.05, 3.63) is 0 Å². The van der Waals surface area contributed by atoms with Gasteiger partial charge in [-0.3, -0.25) is 0 Å². The van der Waals surface area contributed by atoms with E-state index in [4.69, 9.17) is 5.73 Å². The quantitative estimate of drug-likeness (QED) is 0.394. The Morgan fingerprint density at radius 2 is 2.14 bits per heavy atom. The van der Waals surface area contributed by atoms with Gasteiger partial charge in [-0.05, 0) is 19.8 Å². The first-order valence-corrected chi connectivity index (χ1v) is 5.29. The molecule has 0 radical (unpaired) electrons. The molecule has 1 fully saturated rings. The molecule has 0 aromatic rings. The van der Waals surface area contributed by atoms with E-state index in [9.17, 15) is 0 Å². The van der Waals surface area contributed by atoms with Gasteiger partial charge in [0.15, 0.2) is 5.96 Å². The Bertz CT molecular complexity index is 241. The minimum Gasteiger partial charge on any atom is -0.370 e. The smallest absolute Gasteiger partial charge is 0.189 e. The van der Waals surface area contributed by atoms with E-state index in [1.165, 1.54) is 32.1 Å². The predicted molar refractivity (Wildman–Crippen MR) is 59.9 cm³/mol. The van der Waals surface area contributed by atoms with Gasteiger partial charge in [-0.2, -0.15) is 0 Å². The first-order chi connectivity index (χ1) is 6.83. The summed E-state index contributed by atoms with van der Waals surface area (Å²) in [6, 6.07) is 0.530. The zero-order chi connectivity index (χ0) is 10.2. The van der Waals surface area contributed by atoms with Crippen LogP contribution in [0.15, 0.2) is 4.99 Å². The highest BCUT2D eigenvalue weighted by Crippen LogP contribution is 2.16. The van der Waals surface area contributed by atoms with E-state index in [1.54, 1.807) is 6.92 Å². The van der Waals surface area contributed by atoms with Crippen LogP contribution in [0.3, 0.4) is 0 Å². The Labute approximate surface area is 86.2 Å². The molecule has 14 heavy (non-hydrogen) atoms. The lowest BCUT2D eigenvalue weighted by Gasteiger charge is -2.22. The van der Waals surface area contributed by atoms with E-state index in [2.05, 4.69) is 22.2 Å². The lowest BCUT2D eigenvalue weighted by atomic mass is 9.96. The fraction of sp³-hybridized carbons (Fsp3) is 0.727. The zero-order valence-corrected chi connectivity index (χ0v) is 8.84. The number of aliphatic imine (C=N–C) groups is 1. The van der Waals surface area contributed by atoms with Gasteiger partial charge in [0, 0.05) is 6.04 Å². The zero-order valence-electron chi connectivity index (χ0n) is 8.84. The maximum Gasteiger partial charge on any atom is 0.189 e. The monoisotopic (exact) mass is 193 g/mol. The molecular formula is C11H19N3. The molecule has 1 rings (SSSR count). The molecule has 0 saturated heterocycles. The average Bonchev–Trinajstić information content (AvgIpc) is 2.20. The van der Waals surface area contributed by atoms with Crippen molar-refractivity contribution in [3.63, 3.8) is 0 Å². The third-order valence-corrected chi connectivity index (χ3v) is 2.46. The van der Waals surface area contributed by atoms with Crippen molar-refractivity contribution >= 4 is 5.96 Å². The second-order valence-corrected chi connectivity index (χ2v) is 3.61. The maximum absolute atomic E-state index is 5.72. The number of nitrogens with two attached hydrogens (primary N) is 1. The number of nitrogens with one attached hydrogen (secondary N) is 1. The van der Waals surface area contributed by atoms with Crippen LogP contribution in [0, 0.1) is 11.8 Å². The third-order valence-electron chi connectivity index (χ3n) is 2.46. The Morgan fingerprint density at radius 1 is 1.43 bits per heavy atom. The summed E-state index contributed by atoms with van der Waals surface area (Å²) < 4.78 is 0. The first kappa shape index (κ1) is 10.9. The topological polar surface area (TPSA) is 50.4 Å². The van der Waals surface area contributed by atoms with Crippen molar-refractivity contribution in [1.82, 2.24) is 5.32 Å². The van der Waals surface area contributed by atoms with Gasteiger partial charge >= 0.3 is 0 Å². The Balaban J connectivity index is 2.26. The summed E-state index contributed by atoms with van der Waals surface area (Å²) in [5.41, 5.74) is 5.72. The summed E-state index contributed by atoms with van der Waals surface area (Å²) in [5.74, 6) is 6.19. The largest absolute Gasteiger partial charge is 0.370 e. The molecule has 0 aromatic heterocycles. The summed E-state index contributed by atoms with van der Waals surface area (Å²) in [6.45, 7) is 2.31. The van der Waals surface area contributed by atoms with E-state index in [1.807, 2.05) is 0 Å². The highest BCUT2D eigenvalue weighted by atomic mass is 15.1. The van der Waals surface area contributed by atoms with Crippen LogP contribution in [-0.4, -0.2) is 18.5 Å². The van der Waals surface area contributed by atoms with Crippen LogP contribution in [-0.2, 0) is 0 Å². The second-order valence-electron chi connectivity index (χ2n) is 3.61. The molecule has 0 bridgehead atoms. The molecule has 3 heteroatoms. The van der Waals surface area contributed by atoms with Crippen molar-refractivity contribution in [3.8, 4) is 11.8 Å². The Morgan fingerprint density at radius 3 is 2.79 bits per heavy atom. The molecule has 1 aliphatic carbocycles. The summed E-state index contributed by atoms with van der Waals surface area (Å²) in [5, 5.41) is 3.24. The summed E-state index contributed by atoms with van der Waals surface area (Å²) in [4.78, 5) is 4.12. The lowest BCUT2D eigenvalue weighted by Crippen LogP contribution is -2.41.